The Morgan fingerprint density at radius 2 is 1.18 bits per heavy atom. The highest BCUT2D eigenvalue weighted by Crippen LogP contribution is 2.37. The van der Waals surface area contributed by atoms with Gasteiger partial charge in [-0.2, -0.15) is 8.42 Å². The zero-order valence-corrected chi connectivity index (χ0v) is 27.6. The Morgan fingerprint density at radius 1 is 0.800 bits per heavy atom. The summed E-state index contributed by atoms with van der Waals surface area (Å²) in [7, 11) is -3.37. The van der Waals surface area contributed by atoms with Crippen LogP contribution in [0.3, 0.4) is 0 Å². The number of aliphatic hydroxyl groups excluding tert-OH is 1. The highest BCUT2D eigenvalue weighted by molar-refractivity contribution is 7.85. The molecule has 2 atom stereocenters. The maximum Gasteiger partial charge on any atom is 0.410 e. The van der Waals surface area contributed by atoms with Crippen molar-refractivity contribution in [1.29, 1.82) is 0 Å². The molecule has 10 nitrogen and oxygen atoms in total. The molecular formula is C29H56N2O8S. The summed E-state index contributed by atoms with van der Waals surface area (Å²) >= 11 is 0. The van der Waals surface area contributed by atoms with Gasteiger partial charge in [-0.3, -0.25) is 4.18 Å². The van der Waals surface area contributed by atoms with Crippen LogP contribution in [0.15, 0.2) is 0 Å². The van der Waals surface area contributed by atoms with E-state index in [4.69, 9.17) is 18.8 Å². The molecule has 0 spiro atoms. The number of hydrogen-bond acceptors (Lipinski definition) is 8. The largest absolute Gasteiger partial charge is 0.444 e. The molecule has 0 saturated carbocycles. The van der Waals surface area contributed by atoms with E-state index < -0.39 is 21.3 Å². The SMILES string of the molecule is CC(C)(C)OC(=O)N1C[C@@H](CCCO)CC1(C)C.CC(C)(C)OC(=O)N1C[C@@H](CCCOS(C)(=O)=O)CC1(C)C. The molecule has 0 bridgehead atoms. The minimum Gasteiger partial charge on any atom is -0.444 e. The number of carbonyl (C=O) groups is 2. The summed E-state index contributed by atoms with van der Waals surface area (Å²) in [6, 6.07) is 0. The first kappa shape index (κ1) is 36.4. The molecule has 40 heavy (non-hydrogen) atoms. The maximum atomic E-state index is 12.3. The molecule has 11 heteroatoms. The van der Waals surface area contributed by atoms with Crippen LogP contribution in [0, 0.1) is 11.8 Å². The first-order valence-electron chi connectivity index (χ1n) is 14.4. The minimum absolute atomic E-state index is 0.150. The van der Waals surface area contributed by atoms with Crippen molar-refractivity contribution < 1.29 is 36.8 Å². The van der Waals surface area contributed by atoms with E-state index in [0.29, 0.717) is 24.8 Å². The lowest BCUT2D eigenvalue weighted by Crippen LogP contribution is -2.45. The van der Waals surface area contributed by atoms with E-state index in [9.17, 15) is 18.0 Å². The number of likely N-dealkylation sites (tertiary alicyclic amines) is 2. The second-order valence-electron chi connectivity index (χ2n) is 14.5. The van der Waals surface area contributed by atoms with Crippen molar-refractivity contribution in [2.45, 2.75) is 130 Å². The Bertz CT molecular complexity index is 935. The van der Waals surface area contributed by atoms with E-state index in [0.717, 1.165) is 44.9 Å². The third-order valence-corrected chi connectivity index (χ3v) is 7.57. The molecule has 2 aliphatic heterocycles. The molecule has 0 aromatic carbocycles. The summed E-state index contributed by atoms with van der Waals surface area (Å²) in [5, 5.41) is 8.88. The van der Waals surface area contributed by atoms with Gasteiger partial charge in [0.25, 0.3) is 10.1 Å². The van der Waals surface area contributed by atoms with Crippen LogP contribution in [0.2, 0.25) is 0 Å². The van der Waals surface area contributed by atoms with Crippen LogP contribution in [0.4, 0.5) is 9.59 Å². The van der Waals surface area contributed by atoms with Crippen molar-refractivity contribution in [2.75, 3.05) is 32.6 Å². The molecule has 0 aromatic rings. The predicted molar refractivity (Wildman–Crippen MR) is 157 cm³/mol. The summed E-state index contributed by atoms with van der Waals surface area (Å²) in [6.45, 7) is 21.2. The van der Waals surface area contributed by atoms with Gasteiger partial charge >= 0.3 is 12.2 Å². The van der Waals surface area contributed by atoms with E-state index >= 15 is 0 Å². The molecule has 2 heterocycles. The second-order valence-corrected chi connectivity index (χ2v) is 16.1. The molecule has 0 radical (unpaired) electrons. The molecule has 2 saturated heterocycles. The van der Waals surface area contributed by atoms with Crippen LogP contribution in [-0.2, 0) is 23.8 Å². The highest BCUT2D eigenvalue weighted by atomic mass is 32.2. The minimum atomic E-state index is -3.37. The standard InChI is InChI=1S/C15H29NO5S.C14H27NO3/c1-14(2,3)21-13(17)16-11-12(10-15(16,4)5)8-7-9-20-22(6,18)19;1-13(2,3)18-12(17)15-10-11(7-6-8-16)9-14(15,4)5/h12H,7-11H2,1-6H3;11,16H,6-10H2,1-5H3/t12-;11-/m00/s1. The van der Waals surface area contributed by atoms with Crippen LogP contribution < -0.4 is 0 Å². The number of carbonyl (C=O) groups excluding carboxylic acids is 2. The van der Waals surface area contributed by atoms with Crippen LogP contribution in [0.5, 0.6) is 0 Å². The van der Waals surface area contributed by atoms with Crippen molar-refractivity contribution >= 4 is 22.3 Å². The van der Waals surface area contributed by atoms with E-state index in [1.165, 1.54) is 0 Å². The topological polar surface area (TPSA) is 123 Å². The smallest absolute Gasteiger partial charge is 0.410 e. The second kappa shape index (κ2) is 14.1. The Kier molecular flexibility index (Phi) is 12.8. The van der Waals surface area contributed by atoms with Crippen molar-refractivity contribution in [1.82, 2.24) is 9.80 Å². The van der Waals surface area contributed by atoms with Crippen LogP contribution in [0.25, 0.3) is 0 Å². The average molecular weight is 593 g/mol. The lowest BCUT2D eigenvalue weighted by molar-refractivity contribution is 0.0118. The Labute approximate surface area is 243 Å². The third kappa shape index (κ3) is 13.4. The van der Waals surface area contributed by atoms with Gasteiger partial charge in [-0.15, -0.1) is 0 Å². The van der Waals surface area contributed by atoms with Gasteiger partial charge in [-0.1, -0.05) is 0 Å². The summed E-state index contributed by atoms with van der Waals surface area (Å²) in [4.78, 5) is 28.0. The fourth-order valence-corrected chi connectivity index (χ4v) is 5.82. The Morgan fingerprint density at radius 3 is 1.50 bits per heavy atom. The van der Waals surface area contributed by atoms with Gasteiger partial charge in [-0.25, -0.2) is 9.59 Å². The molecule has 2 amide bonds. The first-order valence-corrected chi connectivity index (χ1v) is 16.2. The number of rotatable bonds is 8. The fraction of sp³-hybridized carbons (Fsp3) is 0.931. The molecule has 236 valence electrons. The van der Waals surface area contributed by atoms with Crippen LogP contribution in [-0.4, -0.2) is 90.3 Å². The van der Waals surface area contributed by atoms with Gasteiger partial charge in [0.1, 0.15) is 11.2 Å². The first-order chi connectivity index (χ1) is 18.0. The summed E-state index contributed by atoms with van der Waals surface area (Å²) in [6.07, 6.45) is 5.68. The zero-order chi connectivity index (χ0) is 31.2. The maximum absolute atomic E-state index is 12.3. The van der Waals surface area contributed by atoms with Gasteiger partial charge < -0.3 is 24.4 Å². The number of ether oxygens (including phenoxy) is 2. The van der Waals surface area contributed by atoms with Gasteiger partial charge in [-0.05, 0) is 120 Å². The molecule has 0 aliphatic carbocycles. The van der Waals surface area contributed by atoms with Gasteiger partial charge in [0.15, 0.2) is 0 Å². The lowest BCUT2D eigenvalue weighted by atomic mass is 9.93. The summed E-state index contributed by atoms with van der Waals surface area (Å²) < 4.78 is 37.5. The molecule has 2 fully saturated rings. The molecule has 0 aromatic heterocycles. The van der Waals surface area contributed by atoms with Crippen molar-refractivity contribution in [3.8, 4) is 0 Å². The molecule has 2 rings (SSSR count). The lowest BCUT2D eigenvalue weighted by Gasteiger charge is -2.33. The van der Waals surface area contributed by atoms with E-state index in [2.05, 4.69) is 13.8 Å². The van der Waals surface area contributed by atoms with Gasteiger partial charge in [0.05, 0.1) is 12.9 Å². The Balaban J connectivity index is 0.000000408. The third-order valence-electron chi connectivity index (χ3n) is 6.97. The van der Waals surface area contributed by atoms with Crippen molar-refractivity contribution in [2.24, 2.45) is 11.8 Å². The molecule has 2 aliphatic rings. The Hall–Kier alpha value is -1.59. The molecular weight excluding hydrogens is 536 g/mol. The number of amides is 2. The van der Waals surface area contributed by atoms with Crippen LogP contribution in [0.1, 0.15) is 108 Å². The van der Waals surface area contributed by atoms with E-state index in [1.807, 2.05) is 60.3 Å². The summed E-state index contributed by atoms with van der Waals surface area (Å²) in [5.41, 5.74) is -1.35. The normalized spacial score (nSPS) is 22.5. The molecule has 1 N–H and O–H groups in total. The summed E-state index contributed by atoms with van der Waals surface area (Å²) in [5.74, 6) is 0.811. The average Bonchev–Trinajstić information content (AvgIpc) is 3.21. The number of aliphatic hydroxyl groups is 1. The van der Waals surface area contributed by atoms with E-state index in [1.54, 1.807) is 4.90 Å². The molecule has 0 unspecified atom stereocenters. The quantitative estimate of drug-likeness (QED) is 0.287. The van der Waals surface area contributed by atoms with Gasteiger partial charge in [0, 0.05) is 30.8 Å². The zero-order valence-electron chi connectivity index (χ0n) is 26.8. The fourth-order valence-electron chi connectivity index (χ4n) is 5.40. The van der Waals surface area contributed by atoms with Crippen LogP contribution >= 0.6 is 0 Å². The number of nitrogens with zero attached hydrogens (tertiary/aromatic N) is 2. The predicted octanol–water partition coefficient (Wildman–Crippen LogP) is 5.57. The van der Waals surface area contributed by atoms with Gasteiger partial charge in [0.2, 0.25) is 0 Å². The monoisotopic (exact) mass is 592 g/mol. The van der Waals surface area contributed by atoms with Crippen molar-refractivity contribution in [3.63, 3.8) is 0 Å². The number of hydrogen-bond donors (Lipinski definition) is 1. The van der Waals surface area contributed by atoms with Crippen molar-refractivity contribution in [3.05, 3.63) is 0 Å². The van der Waals surface area contributed by atoms with E-state index in [-0.39, 0.29) is 36.5 Å². The highest BCUT2D eigenvalue weighted by Gasteiger charge is 2.43.